The van der Waals surface area contributed by atoms with E-state index in [0.717, 1.165) is 18.6 Å². The Morgan fingerprint density at radius 1 is 1.39 bits per heavy atom. The van der Waals surface area contributed by atoms with Crippen molar-refractivity contribution < 1.29 is 9.13 Å². The van der Waals surface area contributed by atoms with Crippen molar-refractivity contribution in [3.63, 3.8) is 0 Å². The summed E-state index contributed by atoms with van der Waals surface area (Å²) in [5.74, 6) is 0.757. The predicted molar refractivity (Wildman–Crippen MR) is 71.4 cm³/mol. The molecule has 1 saturated carbocycles. The molecule has 0 atom stereocenters. The number of benzene rings is 1. The monoisotopic (exact) mass is 265 g/mol. The molecule has 0 unspecified atom stereocenters. The van der Waals surface area contributed by atoms with Gasteiger partial charge >= 0.3 is 0 Å². The number of rotatable bonds is 4. The van der Waals surface area contributed by atoms with E-state index in [0.29, 0.717) is 12.4 Å². The van der Waals surface area contributed by atoms with E-state index >= 15 is 0 Å². The van der Waals surface area contributed by atoms with Crippen LogP contribution < -0.4 is 4.74 Å². The van der Waals surface area contributed by atoms with Gasteiger partial charge in [0.2, 0.25) is 0 Å². The first-order valence-corrected chi connectivity index (χ1v) is 6.76. The van der Waals surface area contributed by atoms with Crippen molar-refractivity contribution in [1.82, 2.24) is 0 Å². The van der Waals surface area contributed by atoms with Gasteiger partial charge in [0.25, 0.3) is 0 Å². The van der Waals surface area contributed by atoms with Crippen LogP contribution in [0.4, 0.5) is 4.39 Å². The van der Waals surface area contributed by atoms with Crippen molar-refractivity contribution in [3.05, 3.63) is 29.6 Å². The minimum absolute atomic E-state index is 0.0483. The summed E-state index contributed by atoms with van der Waals surface area (Å²) in [6.07, 6.45) is 4.67. The number of hydrogen-bond acceptors (Lipinski definition) is 3. The number of halogens is 1. The molecule has 0 aliphatic heterocycles. The molecule has 0 bridgehead atoms. The molecule has 18 heavy (non-hydrogen) atoms. The van der Waals surface area contributed by atoms with Crippen molar-refractivity contribution in [2.75, 3.05) is 12.4 Å². The van der Waals surface area contributed by atoms with Crippen LogP contribution in [0.2, 0.25) is 0 Å². The van der Waals surface area contributed by atoms with Gasteiger partial charge in [-0.05, 0) is 30.7 Å². The van der Waals surface area contributed by atoms with Gasteiger partial charge in [0.1, 0.15) is 17.6 Å². The summed E-state index contributed by atoms with van der Waals surface area (Å²) < 4.78 is 19.1. The van der Waals surface area contributed by atoms with Gasteiger partial charge in [-0.25, -0.2) is 4.39 Å². The quantitative estimate of drug-likeness (QED) is 0.844. The van der Waals surface area contributed by atoms with E-state index in [1.807, 2.05) is 0 Å². The molecular formula is C14H16FNOS. The second-order valence-corrected chi connectivity index (χ2v) is 5.22. The standard InChI is InChI=1S/C14H16FNOS/c15-13-7-12(4-3-11(13)8-16)17-9-14(10-18)5-1-2-6-14/h3-4,7,18H,1-2,5-6,9-10H2. The highest BCUT2D eigenvalue weighted by atomic mass is 32.1. The van der Waals surface area contributed by atoms with Crippen molar-refractivity contribution in [2.45, 2.75) is 25.7 Å². The van der Waals surface area contributed by atoms with E-state index in [1.165, 1.54) is 25.0 Å². The largest absolute Gasteiger partial charge is 0.493 e. The minimum Gasteiger partial charge on any atom is -0.493 e. The Hall–Kier alpha value is -1.21. The van der Waals surface area contributed by atoms with E-state index in [1.54, 1.807) is 12.1 Å². The molecule has 1 aromatic rings. The van der Waals surface area contributed by atoms with E-state index < -0.39 is 5.82 Å². The van der Waals surface area contributed by atoms with Gasteiger partial charge in [-0.3, -0.25) is 0 Å². The highest BCUT2D eigenvalue weighted by Gasteiger charge is 2.33. The zero-order valence-corrected chi connectivity index (χ0v) is 11.0. The molecule has 1 aliphatic carbocycles. The van der Waals surface area contributed by atoms with Crippen LogP contribution in [0, 0.1) is 22.6 Å². The Kier molecular flexibility index (Phi) is 4.13. The van der Waals surface area contributed by atoms with Gasteiger partial charge in [0.15, 0.2) is 0 Å². The molecule has 0 aromatic heterocycles. The number of ether oxygens (including phenoxy) is 1. The van der Waals surface area contributed by atoms with Crippen LogP contribution in [0.3, 0.4) is 0 Å². The summed E-state index contributed by atoms with van der Waals surface area (Å²) >= 11 is 4.40. The molecule has 1 aromatic carbocycles. The van der Waals surface area contributed by atoms with Crippen LogP contribution in [-0.4, -0.2) is 12.4 Å². The van der Waals surface area contributed by atoms with Crippen LogP contribution in [0.15, 0.2) is 18.2 Å². The van der Waals surface area contributed by atoms with Crippen LogP contribution >= 0.6 is 12.6 Å². The first-order valence-electron chi connectivity index (χ1n) is 6.12. The van der Waals surface area contributed by atoms with Crippen LogP contribution in [0.5, 0.6) is 5.75 Å². The molecule has 4 heteroatoms. The normalized spacial score (nSPS) is 17.4. The van der Waals surface area contributed by atoms with E-state index in [9.17, 15) is 4.39 Å². The zero-order valence-electron chi connectivity index (χ0n) is 10.2. The van der Waals surface area contributed by atoms with E-state index in [2.05, 4.69) is 12.6 Å². The van der Waals surface area contributed by atoms with Gasteiger partial charge < -0.3 is 4.74 Å². The molecule has 96 valence electrons. The van der Waals surface area contributed by atoms with E-state index in [4.69, 9.17) is 10.00 Å². The summed E-state index contributed by atoms with van der Waals surface area (Å²) in [6.45, 7) is 0.571. The number of nitrogens with zero attached hydrogens (tertiary/aromatic N) is 1. The summed E-state index contributed by atoms with van der Waals surface area (Å²) in [7, 11) is 0. The van der Waals surface area contributed by atoms with E-state index in [-0.39, 0.29) is 11.0 Å². The third kappa shape index (κ3) is 2.78. The summed E-state index contributed by atoms with van der Waals surface area (Å²) in [4.78, 5) is 0. The number of nitriles is 1. The lowest BCUT2D eigenvalue weighted by molar-refractivity contribution is 0.172. The average Bonchev–Trinajstić information content (AvgIpc) is 2.86. The molecule has 0 radical (unpaired) electrons. The van der Waals surface area contributed by atoms with Crippen molar-refractivity contribution in [3.8, 4) is 11.8 Å². The van der Waals surface area contributed by atoms with Crippen molar-refractivity contribution in [2.24, 2.45) is 5.41 Å². The maximum Gasteiger partial charge on any atom is 0.144 e. The van der Waals surface area contributed by atoms with Crippen LogP contribution in [-0.2, 0) is 0 Å². The third-order valence-corrected chi connectivity index (χ3v) is 4.28. The van der Waals surface area contributed by atoms with Gasteiger partial charge in [0.05, 0.1) is 12.2 Å². The summed E-state index contributed by atoms with van der Waals surface area (Å²) in [6, 6.07) is 6.17. The Morgan fingerprint density at radius 2 is 2.11 bits per heavy atom. The van der Waals surface area contributed by atoms with Crippen molar-refractivity contribution in [1.29, 1.82) is 5.26 Å². The second kappa shape index (κ2) is 5.62. The first-order chi connectivity index (χ1) is 8.69. The van der Waals surface area contributed by atoms with Gasteiger partial charge in [-0.2, -0.15) is 17.9 Å². The first kappa shape index (κ1) is 13.2. The molecule has 2 nitrogen and oxygen atoms in total. The highest BCUT2D eigenvalue weighted by Crippen LogP contribution is 2.39. The summed E-state index contributed by atoms with van der Waals surface area (Å²) in [5.41, 5.74) is 0.181. The fourth-order valence-electron chi connectivity index (χ4n) is 2.39. The van der Waals surface area contributed by atoms with Gasteiger partial charge in [-0.1, -0.05) is 12.8 Å². The lowest BCUT2D eigenvalue weighted by atomic mass is 9.90. The maximum absolute atomic E-state index is 13.4. The molecule has 0 N–H and O–H groups in total. The van der Waals surface area contributed by atoms with Crippen molar-refractivity contribution >= 4 is 12.6 Å². The molecule has 1 aliphatic rings. The van der Waals surface area contributed by atoms with Crippen LogP contribution in [0.1, 0.15) is 31.2 Å². The minimum atomic E-state index is -0.527. The molecule has 1 fully saturated rings. The Balaban J connectivity index is 2.02. The molecule has 0 amide bonds. The second-order valence-electron chi connectivity index (χ2n) is 4.91. The van der Waals surface area contributed by atoms with Gasteiger partial charge in [-0.15, -0.1) is 0 Å². The molecule has 0 saturated heterocycles. The number of thiol groups is 1. The Morgan fingerprint density at radius 3 is 2.67 bits per heavy atom. The fraction of sp³-hybridized carbons (Fsp3) is 0.500. The molecule has 0 heterocycles. The molecular weight excluding hydrogens is 249 g/mol. The third-order valence-electron chi connectivity index (χ3n) is 3.61. The average molecular weight is 265 g/mol. The Labute approximate surface area is 112 Å². The summed E-state index contributed by atoms with van der Waals surface area (Å²) in [5, 5.41) is 8.65. The molecule has 2 rings (SSSR count). The Bertz CT molecular complexity index is 463. The maximum atomic E-state index is 13.4. The lowest BCUT2D eigenvalue weighted by Crippen LogP contribution is -2.27. The highest BCUT2D eigenvalue weighted by molar-refractivity contribution is 7.80. The topological polar surface area (TPSA) is 33.0 Å². The predicted octanol–water partition coefficient (Wildman–Crippen LogP) is 3.57. The van der Waals surface area contributed by atoms with Crippen LogP contribution in [0.25, 0.3) is 0 Å². The van der Waals surface area contributed by atoms with Gasteiger partial charge in [0, 0.05) is 11.5 Å². The lowest BCUT2D eigenvalue weighted by Gasteiger charge is -2.26. The fourth-order valence-corrected chi connectivity index (χ4v) is 2.79. The number of hydrogen-bond donors (Lipinski definition) is 1. The zero-order chi connectivity index (χ0) is 13.0. The smallest absolute Gasteiger partial charge is 0.144 e. The molecule has 0 spiro atoms. The SMILES string of the molecule is N#Cc1ccc(OCC2(CS)CCCC2)cc1F.